The standard InChI is InChI=1S/C21H25ClN2O3/c1-16(27-20-9-5-18(22)6-10-20)21(25)23(2)15-17-3-7-19(8-4-17)24-11-13-26-14-12-24/h3-10,16H,11-15H2,1-2H3/t16-/m0/s1. The smallest absolute Gasteiger partial charge is 0.263 e. The highest BCUT2D eigenvalue weighted by Crippen LogP contribution is 2.19. The van der Waals surface area contributed by atoms with Gasteiger partial charge in [0.25, 0.3) is 5.91 Å². The molecule has 0 unspecified atom stereocenters. The van der Waals surface area contributed by atoms with Gasteiger partial charge in [0.1, 0.15) is 5.75 Å². The van der Waals surface area contributed by atoms with E-state index in [2.05, 4.69) is 29.2 Å². The number of nitrogens with zero attached hydrogens (tertiary/aromatic N) is 2. The minimum atomic E-state index is -0.566. The normalized spacial score (nSPS) is 15.3. The quantitative estimate of drug-likeness (QED) is 0.758. The molecule has 1 fully saturated rings. The molecular formula is C21H25ClN2O3. The highest BCUT2D eigenvalue weighted by atomic mass is 35.5. The molecule has 144 valence electrons. The molecule has 0 aromatic heterocycles. The van der Waals surface area contributed by atoms with E-state index in [1.807, 2.05) is 0 Å². The molecule has 2 aromatic carbocycles. The number of likely N-dealkylation sites (N-methyl/N-ethyl adjacent to an activating group) is 1. The Bertz CT molecular complexity index is 743. The Kier molecular flexibility index (Phi) is 6.58. The van der Waals surface area contributed by atoms with Gasteiger partial charge in [-0.3, -0.25) is 4.79 Å². The van der Waals surface area contributed by atoms with E-state index in [0.717, 1.165) is 31.9 Å². The summed E-state index contributed by atoms with van der Waals surface area (Å²) >= 11 is 5.87. The molecule has 0 aliphatic carbocycles. The van der Waals surface area contributed by atoms with Crippen LogP contribution in [-0.2, 0) is 16.1 Å². The van der Waals surface area contributed by atoms with Crippen LogP contribution >= 0.6 is 11.6 Å². The maximum Gasteiger partial charge on any atom is 0.263 e. The van der Waals surface area contributed by atoms with Gasteiger partial charge >= 0.3 is 0 Å². The summed E-state index contributed by atoms with van der Waals surface area (Å²) in [5.41, 5.74) is 2.28. The van der Waals surface area contributed by atoms with E-state index in [-0.39, 0.29) is 5.91 Å². The van der Waals surface area contributed by atoms with Gasteiger partial charge in [-0.05, 0) is 48.9 Å². The third kappa shape index (κ3) is 5.37. The summed E-state index contributed by atoms with van der Waals surface area (Å²) in [7, 11) is 1.79. The molecule has 1 aliphatic rings. The maximum absolute atomic E-state index is 12.6. The molecule has 27 heavy (non-hydrogen) atoms. The zero-order valence-electron chi connectivity index (χ0n) is 15.7. The summed E-state index contributed by atoms with van der Waals surface area (Å²) < 4.78 is 11.1. The van der Waals surface area contributed by atoms with Crippen molar-refractivity contribution in [1.29, 1.82) is 0 Å². The van der Waals surface area contributed by atoms with Gasteiger partial charge in [-0.25, -0.2) is 0 Å². The lowest BCUT2D eigenvalue weighted by Gasteiger charge is -2.29. The number of hydrogen-bond acceptors (Lipinski definition) is 4. The Labute approximate surface area is 165 Å². The van der Waals surface area contributed by atoms with E-state index in [1.54, 1.807) is 43.1 Å². The van der Waals surface area contributed by atoms with Crippen LogP contribution < -0.4 is 9.64 Å². The molecule has 0 spiro atoms. The van der Waals surface area contributed by atoms with Gasteiger partial charge in [-0.2, -0.15) is 0 Å². The first-order chi connectivity index (χ1) is 13.0. The molecule has 6 heteroatoms. The van der Waals surface area contributed by atoms with E-state index < -0.39 is 6.10 Å². The average molecular weight is 389 g/mol. The van der Waals surface area contributed by atoms with Gasteiger partial charge < -0.3 is 19.3 Å². The van der Waals surface area contributed by atoms with Crippen molar-refractivity contribution >= 4 is 23.2 Å². The molecule has 1 aliphatic heterocycles. The van der Waals surface area contributed by atoms with Crippen molar-refractivity contribution in [2.45, 2.75) is 19.6 Å². The van der Waals surface area contributed by atoms with Crippen LogP contribution in [-0.4, -0.2) is 50.3 Å². The largest absolute Gasteiger partial charge is 0.481 e. The predicted molar refractivity (Wildman–Crippen MR) is 107 cm³/mol. The molecule has 0 bridgehead atoms. The van der Waals surface area contributed by atoms with E-state index in [0.29, 0.717) is 17.3 Å². The van der Waals surface area contributed by atoms with Crippen LogP contribution in [0.2, 0.25) is 5.02 Å². The van der Waals surface area contributed by atoms with Gasteiger partial charge in [0.2, 0.25) is 0 Å². The first-order valence-corrected chi connectivity index (χ1v) is 9.49. The van der Waals surface area contributed by atoms with Gasteiger partial charge in [0.15, 0.2) is 6.10 Å². The van der Waals surface area contributed by atoms with Gasteiger partial charge in [0.05, 0.1) is 13.2 Å². The zero-order chi connectivity index (χ0) is 19.2. The molecule has 0 N–H and O–H groups in total. The summed E-state index contributed by atoms with van der Waals surface area (Å²) in [5, 5.41) is 0.638. The topological polar surface area (TPSA) is 42.0 Å². The molecular weight excluding hydrogens is 364 g/mol. The Morgan fingerprint density at radius 1 is 1.15 bits per heavy atom. The monoisotopic (exact) mass is 388 g/mol. The maximum atomic E-state index is 12.6. The number of hydrogen-bond donors (Lipinski definition) is 0. The fourth-order valence-corrected chi connectivity index (χ4v) is 3.19. The molecule has 1 atom stereocenters. The van der Waals surface area contributed by atoms with Crippen molar-refractivity contribution < 1.29 is 14.3 Å². The Hall–Kier alpha value is -2.24. The zero-order valence-corrected chi connectivity index (χ0v) is 16.5. The van der Waals surface area contributed by atoms with Crippen LogP contribution in [0, 0.1) is 0 Å². The number of anilines is 1. The Morgan fingerprint density at radius 3 is 2.41 bits per heavy atom. The van der Waals surface area contributed by atoms with Crippen molar-refractivity contribution in [1.82, 2.24) is 4.90 Å². The van der Waals surface area contributed by atoms with Crippen molar-refractivity contribution in [2.75, 3.05) is 38.3 Å². The van der Waals surface area contributed by atoms with Crippen LogP contribution in [0.15, 0.2) is 48.5 Å². The van der Waals surface area contributed by atoms with E-state index >= 15 is 0 Å². The third-order valence-electron chi connectivity index (χ3n) is 4.58. The highest BCUT2D eigenvalue weighted by molar-refractivity contribution is 6.30. The predicted octanol–water partition coefficient (Wildman–Crippen LogP) is 3.60. The van der Waals surface area contributed by atoms with Crippen molar-refractivity contribution in [2.24, 2.45) is 0 Å². The summed E-state index contributed by atoms with van der Waals surface area (Å²) in [4.78, 5) is 16.6. The molecule has 5 nitrogen and oxygen atoms in total. The molecule has 1 saturated heterocycles. The van der Waals surface area contributed by atoms with Crippen LogP contribution in [0.1, 0.15) is 12.5 Å². The van der Waals surface area contributed by atoms with Crippen LogP contribution in [0.5, 0.6) is 5.75 Å². The molecule has 0 saturated carbocycles. The van der Waals surface area contributed by atoms with Gasteiger partial charge in [-0.15, -0.1) is 0 Å². The number of rotatable bonds is 6. The van der Waals surface area contributed by atoms with Crippen molar-refractivity contribution in [3.8, 4) is 5.75 Å². The lowest BCUT2D eigenvalue weighted by Crippen LogP contribution is -2.37. The van der Waals surface area contributed by atoms with Crippen molar-refractivity contribution in [3.63, 3.8) is 0 Å². The lowest BCUT2D eigenvalue weighted by atomic mass is 10.1. The van der Waals surface area contributed by atoms with Gasteiger partial charge in [-0.1, -0.05) is 23.7 Å². The second kappa shape index (κ2) is 9.11. The Morgan fingerprint density at radius 2 is 1.78 bits per heavy atom. The first-order valence-electron chi connectivity index (χ1n) is 9.12. The van der Waals surface area contributed by atoms with E-state index in [1.165, 1.54) is 5.69 Å². The first kappa shape index (κ1) is 19.5. The van der Waals surface area contributed by atoms with Crippen LogP contribution in [0.3, 0.4) is 0 Å². The summed E-state index contributed by atoms with van der Waals surface area (Å²) in [6, 6.07) is 15.4. The molecule has 3 rings (SSSR count). The van der Waals surface area contributed by atoms with E-state index in [4.69, 9.17) is 21.1 Å². The number of carbonyl (C=O) groups is 1. The fraction of sp³-hybridized carbons (Fsp3) is 0.381. The summed E-state index contributed by atoms with van der Waals surface area (Å²) in [5.74, 6) is 0.561. The van der Waals surface area contributed by atoms with Crippen LogP contribution in [0.25, 0.3) is 0 Å². The molecule has 1 heterocycles. The number of halogens is 1. The average Bonchev–Trinajstić information content (AvgIpc) is 2.70. The third-order valence-corrected chi connectivity index (χ3v) is 4.83. The minimum Gasteiger partial charge on any atom is -0.481 e. The molecule has 2 aromatic rings. The van der Waals surface area contributed by atoms with Crippen molar-refractivity contribution in [3.05, 3.63) is 59.1 Å². The highest BCUT2D eigenvalue weighted by Gasteiger charge is 2.19. The second-order valence-electron chi connectivity index (χ2n) is 6.67. The minimum absolute atomic E-state index is 0.0674. The molecule has 0 radical (unpaired) electrons. The number of benzene rings is 2. The number of carbonyl (C=O) groups excluding carboxylic acids is 1. The fourth-order valence-electron chi connectivity index (χ4n) is 3.06. The summed E-state index contributed by atoms with van der Waals surface area (Å²) in [6.45, 7) is 5.66. The molecule has 1 amide bonds. The number of amides is 1. The Balaban J connectivity index is 1.54. The summed E-state index contributed by atoms with van der Waals surface area (Å²) in [6.07, 6.45) is -0.566. The number of ether oxygens (including phenoxy) is 2. The van der Waals surface area contributed by atoms with Crippen LogP contribution in [0.4, 0.5) is 5.69 Å². The van der Waals surface area contributed by atoms with Gasteiger partial charge in [0, 0.05) is 37.4 Å². The SMILES string of the molecule is C[C@H](Oc1ccc(Cl)cc1)C(=O)N(C)Cc1ccc(N2CCOCC2)cc1. The second-order valence-corrected chi connectivity index (χ2v) is 7.11. The lowest BCUT2D eigenvalue weighted by molar-refractivity contribution is -0.137. The van der Waals surface area contributed by atoms with E-state index in [9.17, 15) is 4.79 Å². The number of morpholine rings is 1.